The van der Waals surface area contributed by atoms with Gasteiger partial charge in [0.05, 0.1) is 52.8 Å². The Kier molecular flexibility index (Phi) is 13.8. The molecule has 11 rings (SSSR count). The Morgan fingerprint density at radius 1 is 0.787 bits per heavy atom. The molecule has 0 bridgehead atoms. The first kappa shape index (κ1) is 50.2. The number of hydrogen-bond acceptors (Lipinski definition) is 17. The average Bonchev–Trinajstić information content (AvgIpc) is 3.96. The Morgan fingerprint density at radius 2 is 1.53 bits per heavy atom. The van der Waals surface area contributed by atoms with Crippen molar-refractivity contribution in [3.05, 3.63) is 89.6 Å². The number of hydrogen-bond donors (Lipinski definition) is 3. The molecule has 22 heteroatoms. The summed E-state index contributed by atoms with van der Waals surface area (Å²) in [5, 5.41) is 14.3. The fourth-order valence-corrected chi connectivity index (χ4v) is 13.0. The van der Waals surface area contributed by atoms with Crippen LogP contribution in [0.15, 0.2) is 73.4 Å². The number of nitrogens with one attached hydrogen (secondary N) is 3. The van der Waals surface area contributed by atoms with E-state index in [-0.39, 0.29) is 29.7 Å². The third kappa shape index (κ3) is 10.2. The second kappa shape index (κ2) is 20.6. The Bertz CT molecular complexity index is 3270. The number of amides is 4. The van der Waals surface area contributed by atoms with Crippen molar-refractivity contribution in [3.8, 4) is 16.9 Å². The van der Waals surface area contributed by atoms with Crippen LogP contribution in [0.4, 0.5) is 34.5 Å². The molecule has 4 saturated heterocycles. The van der Waals surface area contributed by atoms with Crippen LogP contribution in [-0.4, -0.2) is 159 Å². The normalized spacial score (nSPS) is 19.5. The molecule has 0 aliphatic carbocycles. The highest BCUT2D eigenvalue weighted by Crippen LogP contribution is 2.44. The maximum atomic E-state index is 13.6. The molecular weight excluding hydrogens is 995 g/mol. The number of nitrogens with zero attached hydrogens (tertiary/aromatic N) is 11. The van der Waals surface area contributed by atoms with Crippen molar-refractivity contribution in [2.75, 3.05) is 99.8 Å². The third-order valence-corrected chi connectivity index (χ3v) is 17.2. The molecule has 5 aliphatic heterocycles. The van der Waals surface area contributed by atoms with Crippen molar-refractivity contribution in [2.24, 2.45) is 13.0 Å². The van der Waals surface area contributed by atoms with Gasteiger partial charge in [-0.2, -0.15) is 10.1 Å². The van der Waals surface area contributed by atoms with Gasteiger partial charge in [-0.15, -0.1) is 0 Å². The maximum absolute atomic E-state index is 13.6. The molecule has 5 aliphatic rings. The van der Waals surface area contributed by atoms with Gasteiger partial charge in [-0.05, 0) is 87.7 Å². The number of halogens is 1. The minimum absolute atomic E-state index is 0.0913. The predicted octanol–water partition coefficient (Wildman–Crippen LogP) is 6.12. The molecular formula is C53H60ClN14O6P. The Hall–Kier alpha value is -6.99. The van der Waals surface area contributed by atoms with E-state index in [0.29, 0.717) is 62.4 Å². The summed E-state index contributed by atoms with van der Waals surface area (Å²) in [5.74, 6) is -0.145. The van der Waals surface area contributed by atoms with Crippen LogP contribution in [0.25, 0.3) is 22.2 Å². The summed E-state index contributed by atoms with van der Waals surface area (Å²) < 4.78 is 21.5. The fraction of sp³-hybridized carbons (Fsp3) is 0.415. The topological polar surface area (TPSA) is 216 Å². The molecule has 4 amide bonds. The number of rotatable bonds is 13. The molecule has 75 heavy (non-hydrogen) atoms. The summed E-state index contributed by atoms with van der Waals surface area (Å²) >= 11 is 6.68. The number of anilines is 6. The lowest BCUT2D eigenvalue weighted by molar-refractivity contribution is -0.136. The van der Waals surface area contributed by atoms with E-state index in [1.54, 1.807) is 49.6 Å². The number of carbonyl (C=O) groups excluding carboxylic acids is 4. The number of benzene rings is 3. The van der Waals surface area contributed by atoms with Crippen LogP contribution in [0.1, 0.15) is 59.2 Å². The highest BCUT2D eigenvalue weighted by molar-refractivity contribution is 7.71. The number of ether oxygens (including phenoxy) is 1. The van der Waals surface area contributed by atoms with E-state index in [9.17, 15) is 23.7 Å². The van der Waals surface area contributed by atoms with E-state index in [2.05, 4.69) is 67.7 Å². The van der Waals surface area contributed by atoms with Crippen LogP contribution >= 0.6 is 18.7 Å². The molecule has 3 aromatic carbocycles. The molecule has 6 aromatic rings. The van der Waals surface area contributed by atoms with Gasteiger partial charge in [0, 0.05) is 126 Å². The predicted molar refractivity (Wildman–Crippen MR) is 289 cm³/mol. The van der Waals surface area contributed by atoms with Gasteiger partial charge in [0.2, 0.25) is 17.8 Å². The number of aryl methyl sites for hydroxylation is 1. The van der Waals surface area contributed by atoms with Crippen LogP contribution in [-0.2, 0) is 21.2 Å². The van der Waals surface area contributed by atoms with Gasteiger partial charge in [-0.3, -0.25) is 48.9 Å². The molecule has 20 nitrogen and oxygen atoms in total. The number of piperidine rings is 3. The standard InChI is InChI=1S/C53H60ClN14O6P/c1-63-31-33(28-58-63)37-26-42(60-53-57-29-39(54)49(62-53)59-41-8-7-40-47(56-16-15-55-40)48(41)75(3,4)73)45(74-2)27-44(37)67-19-13-34(14-20-67)66-23-21-64(22-24-66)30-32-11-17-65(18-12-32)35-5-6-36-38(25-35)52(72)68(51(36)71)43-9-10-46(69)61-50(43)70/h5-8,15-16,25-29,31-32,34,43H,9-14,17-24,30H2,1-4H3,(H,61,69,70)(H2,57,59,60,62). The van der Waals surface area contributed by atoms with Gasteiger partial charge in [-0.1, -0.05) is 11.6 Å². The van der Waals surface area contributed by atoms with E-state index in [1.807, 2.05) is 37.6 Å². The van der Waals surface area contributed by atoms with Crippen molar-refractivity contribution in [3.63, 3.8) is 0 Å². The molecule has 0 spiro atoms. The van der Waals surface area contributed by atoms with E-state index >= 15 is 0 Å². The van der Waals surface area contributed by atoms with E-state index < -0.39 is 30.9 Å². The van der Waals surface area contributed by atoms with Crippen molar-refractivity contribution < 1.29 is 28.5 Å². The van der Waals surface area contributed by atoms with Crippen molar-refractivity contribution in [2.45, 2.75) is 50.6 Å². The van der Waals surface area contributed by atoms with Crippen LogP contribution in [0.5, 0.6) is 5.75 Å². The molecule has 4 fully saturated rings. The number of imide groups is 2. The maximum Gasteiger partial charge on any atom is 0.262 e. The van der Waals surface area contributed by atoms with Gasteiger partial charge in [0.15, 0.2) is 5.82 Å². The smallest absolute Gasteiger partial charge is 0.262 e. The number of piperazine rings is 1. The van der Waals surface area contributed by atoms with E-state index in [4.69, 9.17) is 21.3 Å². The van der Waals surface area contributed by atoms with E-state index in [0.717, 1.165) is 112 Å². The van der Waals surface area contributed by atoms with Crippen LogP contribution in [0.2, 0.25) is 5.02 Å². The summed E-state index contributed by atoms with van der Waals surface area (Å²) in [7, 11) is 0.727. The first-order chi connectivity index (χ1) is 36.2. The number of aromatic nitrogens is 6. The zero-order valence-electron chi connectivity index (χ0n) is 42.5. The second-order valence-electron chi connectivity index (χ2n) is 20.5. The summed E-state index contributed by atoms with van der Waals surface area (Å²) in [4.78, 5) is 80.2. The number of methoxy groups -OCH3 is 1. The van der Waals surface area contributed by atoms with Crippen molar-refractivity contribution in [1.82, 2.24) is 49.7 Å². The van der Waals surface area contributed by atoms with Gasteiger partial charge in [0.25, 0.3) is 11.8 Å². The first-order valence-corrected chi connectivity index (χ1v) is 28.6. The van der Waals surface area contributed by atoms with Crippen LogP contribution < -0.4 is 35.8 Å². The summed E-state index contributed by atoms with van der Waals surface area (Å²) in [6.45, 7) is 12.1. The Balaban J connectivity index is 0.700. The molecule has 0 radical (unpaired) electrons. The van der Waals surface area contributed by atoms with Gasteiger partial charge < -0.3 is 34.6 Å². The minimum Gasteiger partial charge on any atom is -0.494 e. The zero-order chi connectivity index (χ0) is 52.1. The lowest BCUT2D eigenvalue weighted by Crippen LogP contribution is -2.54. The van der Waals surface area contributed by atoms with Gasteiger partial charge >= 0.3 is 0 Å². The Morgan fingerprint density at radius 3 is 2.25 bits per heavy atom. The average molecular weight is 1060 g/mol. The highest BCUT2D eigenvalue weighted by Gasteiger charge is 2.45. The molecule has 390 valence electrons. The molecule has 3 aromatic heterocycles. The molecule has 3 N–H and O–H groups in total. The quantitative estimate of drug-likeness (QED) is 0.0877. The molecule has 1 unspecified atom stereocenters. The molecule has 0 saturated carbocycles. The fourth-order valence-electron chi connectivity index (χ4n) is 11.5. The third-order valence-electron chi connectivity index (χ3n) is 15.4. The number of fused-ring (bicyclic) bond motifs is 2. The van der Waals surface area contributed by atoms with Crippen molar-refractivity contribution >= 4 is 93.2 Å². The SMILES string of the molecule is COc1cc(N2CCC(N3CCN(CC4CCN(c5ccc6c(c5)C(=O)N(C5CCC(=O)NC5=O)C6=O)CC4)CC3)CC2)c(-c2cnn(C)c2)cc1Nc1ncc(Cl)c(Nc2ccc3nccnc3c2P(C)(C)=O)n1. The Labute approximate surface area is 439 Å². The van der Waals surface area contributed by atoms with Gasteiger partial charge in [0.1, 0.15) is 29.5 Å². The summed E-state index contributed by atoms with van der Waals surface area (Å²) in [5.41, 5.74) is 6.98. The van der Waals surface area contributed by atoms with Crippen LogP contribution in [0, 0.1) is 5.92 Å². The molecule has 1 atom stereocenters. The minimum atomic E-state index is -2.84. The lowest BCUT2D eigenvalue weighted by atomic mass is 9.95. The highest BCUT2D eigenvalue weighted by atomic mass is 35.5. The van der Waals surface area contributed by atoms with E-state index in [1.165, 1.54) is 6.20 Å². The van der Waals surface area contributed by atoms with Crippen LogP contribution in [0.3, 0.4) is 0 Å². The largest absolute Gasteiger partial charge is 0.494 e. The summed E-state index contributed by atoms with van der Waals surface area (Å²) in [6, 6.07) is 12.7. The van der Waals surface area contributed by atoms with Gasteiger partial charge in [-0.25, -0.2) is 4.98 Å². The monoisotopic (exact) mass is 1050 g/mol. The number of carbonyl (C=O) groups is 4. The first-order valence-electron chi connectivity index (χ1n) is 25.6. The second-order valence-corrected chi connectivity index (χ2v) is 24.1. The molecule has 8 heterocycles. The lowest BCUT2D eigenvalue weighted by Gasteiger charge is -2.44. The summed E-state index contributed by atoms with van der Waals surface area (Å²) in [6.07, 6.45) is 13.0. The van der Waals surface area contributed by atoms with Crippen molar-refractivity contribution in [1.29, 1.82) is 0 Å². The zero-order valence-corrected chi connectivity index (χ0v) is 44.1.